The van der Waals surface area contributed by atoms with Gasteiger partial charge in [0.05, 0.1) is 43.0 Å². The summed E-state index contributed by atoms with van der Waals surface area (Å²) < 4.78 is 105. The zero-order valence-corrected chi connectivity index (χ0v) is 21.7. The van der Waals surface area contributed by atoms with Gasteiger partial charge in [-0.3, -0.25) is 0 Å². The van der Waals surface area contributed by atoms with Crippen LogP contribution in [0.15, 0.2) is 41.4 Å². The Bertz CT molecular complexity index is 1530. The van der Waals surface area contributed by atoms with E-state index in [0.29, 0.717) is 5.69 Å². The number of nitrogens with zero attached hydrogens (tertiary/aromatic N) is 2. The standard InChI is InChI=1S/C25H25F5N4O4S/c1-37-21-13-16(39(2,35)36)7-8-19(21)31-9-3-6-18-20(14-25(28,29)30)34-11-4-5-17(23(34)33-18)22-24(26,27)15-38-12-10-32-22/h4-5,7-8,11,13,22,31-32H,9-10,12,14-15H2,1-2H3/t22-/m0/s1. The molecule has 0 aliphatic carbocycles. The highest BCUT2D eigenvalue weighted by Crippen LogP contribution is 2.36. The average Bonchev–Trinajstić information content (AvgIpc) is 3.08. The van der Waals surface area contributed by atoms with Gasteiger partial charge < -0.3 is 24.5 Å². The lowest BCUT2D eigenvalue weighted by molar-refractivity contribution is -0.128. The molecule has 1 aliphatic rings. The molecule has 1 aliphatic heterocycles. The van der Waals surface area contributed by atoms with Gasteiger partial charge in [-0.25, -0.2) is 22.2 Å². The van der Waals surface area contributed by atoms with Crippen molar-refractivity contribution in [3.8, 4) is 17.6 Å². The van der Waals surface area contributed by atoms with Crippen molar-refractivity contribution in [2.24, 2.45) is 0 Å². The van der Waals surface area contributed by atoms with Crippen LogP contribution in [0.2, 0.25) is 0 Å². The highest BCUT2D eigenvalue weighted by molar-refractivity contribution is 7.90. The minimum absolute atomic E-state index is 0.0262. The first-order valence-corrected chi connectivity index (χ1v) is 13.6. The average molecular weight is 573 g/mol. The number of aromatic nitrogens is 2. The second kappa shape index (κ2) is 11.0. The van der Waals surface area contributed by atoms with E-state index in [1.807, 2.05) is 0 Å². The molecule has 0 bridgehead atoms. The maximum atomic E-state index is 14.8. The van der Waals surface area contributed by atoms with Gasteiger partial charge in [-0.2, -0.15) is 13.2 Å². The number of pyridine rings is 1. The molecule has 3 aromatic rings. The van der Waals surface area contributed by atoms with Gasteiger partial charge in [0.25, 0.3) is 5.92 Å². The molecule has 0 unspecified atom stereocenters. The summed E-state index contributed by atoms with van der Waals surface area (Å²) in [6, 6.07) is 5.45. The third-order valence-electron chi connectivity index (χ3n) is 5.94. The van der Waals surface area contributed by atoms with Crippen LogP contribution < -0.4 is 15.4 Å². The number of benzene rings is 1. The zero-order chi connectivity index (χ0) is 28.4. The fourth-order valence-corrected chi connectivity index (χ4v) is 4.83. The molecule has 14 heteroatoms. The molecule has 1 aromatic carbocycles. The summed E-state index contributed by atoms with van der Waals surface area (Å²) in [4.78, 5) is 4.29. The van der Waals surface area contributed by atoms with Crippen LogP contribution in [-0.2, 0) is 21.0 Å². The summed E-state index contributed by atoms with van der Waals surface area (Å²) in [6.07, 6.45) is -3.59. The third-order valence-corrected chi connectivity index (χ3v) is 7.06. The number of sulfone groups is 1. The Morgan fingerprint density at radius 3 is 2.77 bits per heavy atom. The molecule has 1 atom stereocenters. The van der Waals surface area contributed by atoms with Crippen molar-refractivity contribution in [3.05, 3.63) is 53.5 Å². The number of anilines is 1. The summed E-state index contributed by atoms with van der Waals surface area (Å²) in [5.41, 5.74) is -0.107. The lowest BCUT2D eigenvalue weighted by atomic mass is 10.0. The van der Waals surface area contributed by atoms with Gasteiger partial charge in [0.1, 0.15) is 29.7 Å². The summed E-state index contributed by atoms with van der Waals surface area (Å²) in [7, 11) is -2.11. The second-order valence-electron chi connectivity index (χ2n) is 8.85. The maximum Gasteiger partial charge on any atom is 0.394 e. The van der Waals surface area contributed by atoms with Gasteiger partial charge in [-0.05, 0) is 24.1 Å². The van der Waals surface area contributed by atoms with E-state index in [0.717, 1.165) is 10.7 Å². The van der Waals surface area contributed by atoms with Crippen LogP contribution in [0, 0.1) is 11.8 Å². The highest BCUT2D eigenvalue weighted by Gasteiger charge is 2.43. The van der Waals surface area contributed by atoms with Crippen LogP contribution in [0.3, 0.4) is 0 Å². The van der Waals surface area contributed by atoms with E-state index in [1.54, 1.807) is 0 Å². The van der Waals surface area contributed by atoms with Crippen LogP contribution >= 0.6 is 0 Å². The minimum atomic E-state index is -4.60. The predicted octanol–water partition coefficient (Wildman–Crippen LogP) is 3.61. The molecule has 39 heavy (non-hydrogen) atoms. The molecule has 2 aromatic heterocycles. The van der Waals surface area contributed by atoms with E-state index in [2.05, 4.69) is 27.5 Å². The molecule has 210 valence electrons. The number of halogens is 5. The summed E-state index contributed by atoms with van der Waals surface area (Å²) in [5.74, 6) is 2.22. The first-order chi connectivity index (χ1) is 18.3. The predicted molar refractivity (Wildman–Crippen MR) is 133 cm³/mol. The SMILES string of the molecule is COc1cc(S(C)(=O)=O)ccc1NCC#Cc1nc2c([C@@H]3NCCOCC3(F)F)cccn2c1CC(F)(F)F. The molecular weight excluding hydrogens is 547 g/mol. The Labute approximate surface area is 221 Å². The maximum absolute atomic E-state index is 14.8. The molecule has 8 nitrogen and oxygen atoms in total. The molecule has 4 rings (SSSR count). The first-order valence-electron chi connectivity index (χ1n) is 11.7. The van der Waals surface area contributed by atoms with E-state index in [-0.39, 0.29) is 52.9 Å². The van der Waals surface area contributed by atoms with Gasteiger partial charge >= 0.3 is 6.18 Å². The van der Waals surface area contributed by atoms with E-state index < -0.39 is 41.0 Å². The number of fused-ring (bicyclic) bond motifs is 1. The number of hydrogen-bond donors (Lipinski definition) is 2. The molecule has 1 saturated heterocycles. The topological polar surface area (TPSA) is 94.0 Å². The lowest BCUT2D eigenvalue weighted by Gasteiger charge is -2.25. The molecule has 0 radical (unpaired) electrons. The normalized spacial score (nSPS) is 17.8. The Morgan fingerprint density at radius 1 is 1.31 bits per heavy atom. The lowest BCUT2D eigenvalue weighted by Crippen LogP contribution is -2.38. The van der Waals surface area contributed by atoms with Crippen LogP contribution in [0.25, 0.3) is 5.65 Å². The molecule has 0 saturated carbocycles. The van der Waals surface area contributed by atoms with Gasteiger partial charge in [0, 0.05) is 30.6 Å². The van der Waals surface area contributed by atoms with Gasteiger partial charge in [0.2, 0.25) is 0 Å². The Kier molecular flexibility index (Phi) is 8.06. The van der Waals surface area contributed by atoms with E-state index >= 15 is 0 Å². The summed E-state index contributed by atoms with van der Waals surface area (Å²) in [6.45, 7) is -0.700. The van der Waals surface area contributed by atoms with Crippen molar-refractivity contribution in [2.75, 3.05) is 45.0 Å². The quantitative estimate of drug-likeness (QED) is 0.344. The van der Waals surface area contributed by atoms with Crippen molar-refractivity contribution in [1.29, 1.82) is 0 Å². The fraction of sp³-hybridized carbons (Fsp3) is 0.400. The van der Waals surface area contributed by atoms with Gasteiger partial charge in [-0.1, -0.05) is 12.0 Å². The molecule has 1 fully saturated rings. The number of methoxy groups -OCH3 is 1. The summed E-state index contributed by atoms with van der Waals surface area (Å²) in [5, 5.41) is 5.63. The van der Waals surface area contributed by atoms with Gasteiger partial charge in [-0.15, -0.1) is 0 Å². The largest absolute Gasteiger partial charge is 0.495 e. The van der Waals surface area contributed by atoms with Crippen LogP contribution in [0.5, 0.6) is 5.75 Å². The zero-order valence-electron chi connectivity index (χ0n) is 20.9. The number of imidazole rings is 1. The third kappa shape index (κ3) is 6.60. The molecule has 0 amide bonds. The van der Waals surface area contributed by atoms with E-state index in [4.69, 9.17) is 9.47 Å². The van der Waals surface area contributed by atoms with Crippen molar-refractivity contribution in [3.63, 3.8) is 0 Å². The first kappa shape index (κ1) is 28.6. The smallest absolute Gasteiger partial charge is 0.394 e. The monoisotopic (exact) mass is 572 g/mol. The van der Waals surface area contributed by atoms with Crippen molar-refractivity contribution in [2.45, 2.75) is 29.5 Å². The molecular formula is C25H25F5N4O4S. The van der Waals surface area contributed by atoms with Crippen molar-refractivity contribution >= 4 is 21.2 Å². The number of rotatable bonds is 6. The molecule has 2 N–H and O–H groups in total. The summed E-state index contributed by atoms with van der Waals surface area (Å²) >= 11 is 0. The van der Waals surface area contributed by atoms with E-state index in [1.165, 1.54) is 43.6 Å². The Balaban J connectivity index is 1.68. The van der Waals surface area contributed by atoms with Crippen LogP contribution in [0.1, 0.15) is 23.0 Å². The van der Waals surface area contributed by atoms with Crippen LogP contribution in [0.4, 0.5) is 27.6 Å². The van der Waals surface area contributed by atoms with Crippen LogP contribution in [-0.4, -0.2) is 69.6 Å². The number of nitrogens with one attached hydrogen (secondary N) is 2. The Morgan fingerprint density at radius 2 is 2.08 bits per heavy atom. The number of ether oxygens (including phenoxy) is 2. The minimum Gasteiger partial charge on any atom is -0.495 e. The van der Waals surface area contributed by atoms with Crippen molar-refractivity contribution < 1.29 is 39.8 Å². The van der Waals surface area contributed by atoms with Gasteiger partial charge in [0.15, 0.2) is 9.84 Å². The second-order valence-corrected chi connectivity index (χ2v) is 10.9. The molecule has 0 spiro atoms. The van der Waals surface area contributed by atoms with Crippen molar-refractivity contribution in [1.82, 2.24) is 14.7 Å². The fourth-order valence-electron chi connectivity index (χ4n) is 4.19. The Hall–Kier alpha value is -3.41. The highest BCUT2D eigenvalue weighted by atomic mass is 32.2. The molecule has 3 heterocycles. The number of hydrogen-bond acceptors (Lipinski definition) is 7. The van der Waals surface area contributed by atoms with E-state index in [9.17, 15) is 30.4 Å². The number of alkyl halides is 5.